The zero-order valence-corrected chi connectivity index (χ0v) is 19.4. The first-order valence-corrected chi connectivity index (χ1v) is 10.7. The van der Waals surface area contributed by atoms with Gasteiger partial charge in [-0.15, -0.1) is 0 Å². The van der Waals surface area contributed by atoms with E-state index in [2.05, 4.69) is 30.7 Å². The Labute approximate surface area is 184 Å². The van der Waals surface area contributed by atoms with Gasteiger partial charge in [0.05, 0.1) is 27.0 Å². The second kappa shape index (κ2) is 9.54. The van der Waals surface area contributed by atoms with E-state index in [1.54, 1.807) is 26.5 Å². The number of piperidine rings is 1. The van der Waals surface area contributed by atoms with Crippen LogP contribution in [0, 0.1) is 12.3 Å². The number of carbonyl (C=O) groups is 1. The van der Waals surface area contributed by atoms with Crippen LogP contribution in [0.25, 0.3) is 0 Å². The number of carbonyl (C=O) groups excluding carboxylic acids is 1. The molecule has 0 unspecified atom stereocenters. The summed E-state index contributed by atoms with van der Waals surface area (Å²) in [5.74, 6) is 2.17. The first-order chi connectivity index (χ1) is 14.7. The predicted octanol–water partition coefficient (Wildman–Crippen LogP) is 4.25. The van der Waals surface area contributed by atoms with E-state index in [0.29, 0.717) is 42.8 Å². The third-order valence-electron chi connectivity index (χ3n) is 5.40. The molecule has 3 rings (SSSR count). The summed E-state index contributed by atoms with van der Waals surface area (Å²) in [6, 6.07) is 3.63. The third-order valence-corrected chi connectivity index (χ3v) is 5.40. The Morgan fingerprint density at radius 1 is 1.03 bits per heavy atom. The monoisotopic (exact) mass is 427 g/mol. The molecule has 0 saturated carbocycles. The molecule has 0 spiro atoms. The minimum atomic E-state index is -0.0897. The molecule has 0 bridgehead atoms. The van der Waals surface area contributed by atoms with Crippen molar-refractivity contribution in [2.24, 2.45) is 5.41 Å². The maximum atomic E-state index is 13.0. The Balaban J connectivity index is 1.66. The van der Waals surface area contributed by atoms with Crippen molar-refractivity contribution in [2.45, 2.75) is 46.5 Å². The number of aromatic nitrogens is 2. The van der Waals surface area contributed by atoms with E-state index in [1.807, 2.05) is 24.1 Å². The fourth-order valence-corrected chi connectivity index (χ4v) is 3.69. The molecule has 0 radical (unpaired) electrons. The first-order valence-electron chi connectivity index (χ1n) is 10.7. The van der Waals surface area contributed by atoms with Crippen LogP contribution in [0.5, 0.6) is 17.2 Å². The van der Waals surface area contributed by atoms with E-state index in [0.717, 1.165) is 29.8 Å². The van der Waals surface area contributed by atoms with Crippen molar-refractivity contribution in [3.8, 4) is 17.2 Å². The topological polar surface area (TPSA) is 73.8 Å². The summed E-state index contributed by atoms with van der Waals surface area (Å²) < 4.78 is 16.8. The number of likely N-dealkylation sites (tertiary alicyclic amines) is 1. The van der Waals surface area contributed by atoms with Crippen LogP contribution in [0.1, 0.15) is 61.3 Å². The van der Waals surface area contributed by atoms with Gasteiger partial charge in [-0.1, -0.05) is 20.8 Å². The fraction of sp³-hybridized carbons (Fsp3) is 0.542. The largest absolute Gasteiger partial charge is 0.496 e. The highest BCUT2D eigenvalue weighted by atomic mass is 16.5. The van der Waals surface area contributed by atoms with E-state index >= 15 is 0 Å². The summed E-state index contributed by atoms with van der Waals surface area (Å²) in [6.07, 6.45) is 5.19. The van der Waals surface area contributed by atoms with Crippen LogP contribution in [-0.4, -0.2) is 54.7 Å². The van der Waals surface area contributed by atoms with E-state index in [-0.39, 0.29) is 11.3 Å². The van der Waals surface area contributed by atoms with Crippen LogP contribution >= 0.6 is 0 Å². The number of amides is 1. The van der Waals surface area contributed by atoms with Crippen LogP contribution < -0.4 is 14.2 Å². The Hall–Kier alpha value is -2.83. The summed E-state index contributed by atoms with van der Waals surface area (Å²) in [6.45, 7) is 10.1. The minimum absolute atomic E-state index is 0.0134. The van der Waals surface area contributed by atoms with Crippen LogP contribution in [0.2, 0.25) is 0 Å². The number of methoxy groups -OCH3 is 2. The van der Waals surface area contributed by atoms with Gasteiger partial charge in [0, 0.05) is 42.7 Å². The summed E-state index contributed by atoms with van der Waals surface area (Å²) in [7, 11) is 3.26. The number of hydrogen-bond acceptors (Lipinski definition) is 6. The van der Waals surface area contributed by atoms with Gasteiger partial charge in [0.1, 0.15) is 11.4 Å². The molecule has 1 aliphatic rings. The lowest BCUT2D eigenvalue weighted by molar-refractivity contribution is 0.0705. The normalized spacial score (nSPS) is 15.0. The van der Waals surface area contributed by atoms with Crippen molar-refractivity contribution >= 4 is 5.91 Å². The molecule has 1 saturated heterocycles. The van der Waals surface area contributed by atoms with Crippen LogP contribution in [0.15, 0.2) is 24.5 Å². The molecule has 168 valence electrons. The number of nitrogens with zero attached hydrogens (tertiary/aromatic N) is 3. The zero-order chi connectivity index (χ0) is 22.6. The molecule has 31 heavy (non-hydrogen) atoms. The maximum Gasteiger partial charge on any atom is 0.272 e. The zero-order valence-electron chi connectivity index (χ0n) is 19.4. The van der Waals surface area contributed by atoms with Gasteiger partial charge in [-0.05, 0) is 31.1 Å². The van der Waals surface area contributed by atoms with E-state index in [4.69, 9.17) is 14.2 Å². The average Bonchev–Trinajstić information content (AvgIpc) is 2.76. The second-order valence-electron chi connectivity index (χ2n) is 9.20. The minimum Gasteiger partial charge on any atom is -0.496 e. The predicted molar refractivity (Wildman–Crippen MR) is 119 cm³/mol. The number of ether oxygens (including phenoxy) is 3. The highest BCUT2D eigenvalue weighted by Crippen LogP contribution is 2.35. The summed E-state index contributed by atoms with van der Waals surface area (Å²) in [5.41, 5.74) is 2.43. The van der Waals surface area contributed by atoms with Crippen molar-refractivity contribution < 1.29 is 19.0 Å². The Kier molecular flexibility index (Phi) is 7.03. The van der Waals surface area contributed by atoms with Gasteiger partial charge in [-0.25, -0.2) is 4.98 Å². The van der Waals surface area contributed by atoms with Gasteiger partial charge >= 0.3 is 0 Å². The molecule has 0 aromatic carbocycles. The summed E-state index contributed by atoms with van der Waals surface area (Å²) in [4.78, 5) is 23.7. The number of aryl methyl sites for hydroxylation is 1. The molecule has 3 heterocycles. The van der Waals surface area contributed by atoms with Crippen LogP contribution in [-0.2, 0) is 0 Å². The third kappa shape index (κ3) is 5.66. The second-order valence-corrected chi connectivity index (χ2v) is 9.20. The smallest absolute Gasteiger partial charge is 0.272 e. The van der Waals surface area contributed by atoms with Gasteiger partial charge in [-0.2, -0.15) is 0 Å². The Bertz CT molecular complexity index is 916. The Morgan fingerprint density at radius 2 is 1.71 bits per heavy atom. The van der Waals surface area contributed by atoms with Gasteiger partial charge in [0.15, 0.2) is 11.5 Å². The lowest BCUT2D eigenvalue weighted by Crippen LogP contribution is -2.38. The lowest BCUT2D eigenvalue weighted by atomic mass is 9.89. The van der Waals surface area contributed by atoms with E-state index in [9.17, 15) is 4.79 Å². The number of rotatable bonds is 6. The molecular weight excluding hydrogens is 394 g/mol. The van der Waals surface area contributed by atoms with Gasteiger partial charge < -0.3 is 19.1 Å². The maximum absolute atomic E-state index is 13.0. The number of pyridine rings is 2. The molecule has 1 amide bonds. The molecule has 7 nitrogen and oxygen atoms in total. The Morgan fingerprint density at radius 3 is 2.32 bits per heavy atom. The van der Waals surface area contributed by atoms with E-state index < -0.39 is 0 Å². The fourth-order valence-electron chi connectivity index (χ4n) is 3.69. The van der Waals surface area contributed by atoms with Gasteiger partial charge in [0.25, 0.3) is 5.91 Å². The van der Waals surface area contributed by atoms with Gasteiger partial charge in [0.2, 0.25) is 0 Å². The quantitative estimate of drug-likeness (QED) is 0.686. The van der Waals surface area contributed by atoms with Crippen molar-refractivity contribution in [3.63, 3.8) is 0 Å². The van der Waals surface area contributed by atoms with Crippen molar-refractivity contribution in [1.29, 1.82) is 0 Å². The molecule has 2 aromatic rings. The van der Waals surface area contributed by atoms with Crippen LogP contribution in [0.4, 0.5) is 0 Å². The molecular formula is C24H33N3O4. The summed E-state index contributed by atoms with van der Waals surface area (Å²) >= 11 is 0. The SMILES string of the molecule is COc1cc(C(=O)N2CCC(c3cnc(C)cc3OC)CC2)ncc1OCC(C)(C)C. The van der Waals surface area contributed by atoms with Crippen molar-refractivity contribution in [1.82, 2.24) is 14.9 Å². The molecule has 2 aromatic heterocycles. The first kappa shape index (κ1) is 22.8. The molecule has 1 fully saturated rings. The van der Waals surface area contributed by atoms with Crippen molar-refractivity contribution in [2.75, 3.05) is 33.9 Å². The molecule has 7 heteroatoms. The van der Waals surface area contributed by atoms with Gasteiger partial charge in [-0.3, -0.25) is 9.78 Å². The molecule has 0 aliphatic carbocycles. The van der Waals surface area contributed by atoms with E-state index in [1.165, 1.54) is 0 Å². The molecule has 0 N–H and O–H groups in total. The standard InChI is InChI=1S/C24H33N3O4/c1-16-11-20(29-5)18(13-25-16)17-7-9-27(10-8-17)23(28)19-12-21(30-6)22(14-26-19)31-15-24(2,3)4/h11-14,17H,7-10,15H2,1-6H3. The molecule has 0 atom stereocenters. The highest BCUT2D eigenvalue weighted by molar-refractivity contribution is 5.93. The van der Waals surface area contributed by atoms with Crippen molar-refractivity contribution in [3.05, 3.63) is 41.5 Å². The number of hydrogen-bond donors (Lipinski definition) is 0. The average molecular weight is 428 g/mol. The molecule has 1 aliphatic heterocycles. The summed E-state index contributed by atoms with van der Waals surface area (Å²) in [5, 5.41) is 0. The highest BCUT2D eigenvalue weighted by Gasteiger charge is 2.28. The lowest BCUT2D eigenvalue weighted by Gasteiger charge is -2.32. The van der Waals surface area contributed by atoms with Crippen LogP contribution in [0.3, 0.4) is 0 Å².